The molecule has 0 aromatic carbocycles. The van der Waals surface area contributed by atoms with Gasteiger partial charge in [-0.2, -0.15) is 0 Å². The van der Waals surface area contributed by atoms with E-state index in [1.54, 1.807) is 0 Å². The van der Waals surface area contributed by atoms with Gasteiger partial charge in [-0.15, -0.1) is 0 Å². The Kier molecular flexibility index (Phi) is 1.90. The van der Waals surface area contributed by atoms with E-state index in [0.717, 1.165) is 4.90 Å². The van der Waals surface area contributed by atoms with Crippen molar-refractivity contribution in [1.82, 2.24) is 4.90 Å². The van der Waals surface area contributed by atoms with Crippen molar-refractivity contribution in [2.45, 2.75) is 0 Å². The molecule has 0 saturated carbocycles. The van der Waals surface area contributed by atoms with Crippen LogP contribution in [0.4, 0.5) is 4.79 Å². The topological polar surface area (TPSA) is 63.7 Å². The molecule has 1 fully saturated rings. The van der Waals surface area contributed by atoms with Gasteiger partial charge in [0.15, 0.2) is 0 Å². The third kappa shape index (κ3) is 1.26. The second-order valence-corrected chi connectivity index (χ2v) is 1.90. The van der Waals surface area contributed by atoms with Gasteiger partial charge in [-0.25, -0.2) is 0 Å². The Labute approximate surface area is 57.1 Å². The van der Waals surface area contributed by atoms with E-state index in [1.165, 1.54) is 0 Å². The Balaban J connectivity index is 2.79. The van der Waals surface area contributed by atoms with Crippen molar-refractivity contribution in [1.29, 1.82) is 0 Å². The molecule has 0 aromatic heterocycles. The van der Waals surface area contributed by atoms with Crippen LogP contribution in [0.2, 0.25) is 0 Å². The molecule has 0 aromatic rings. The fraction of sp³-hybridized carbons (Fsp3) is 0.250. The number of ether oxygens (including phenoxy) is 1. The van der Waals surface area contributed by atoms with E-state index in [4.69, 9.17) is 0 Å². The Bertz CT molecular complexity index is 279. The van der Waals surface area contributed by atoms with Crippen LogP contribution in [0.25, 0.3) is 0 Å². The Morgan fingerprint density at radius 2 is 2.30 bits per heavy atom. The van der Waals surface area contributed by atoms with Gasteiger partial charge >= 0.3 is 56.1 Å². The molecule has 0 atom stereocenters. The first-order valence-corrected chi connectivity index (χ1v) is 3.15. The van der Waals surface area contributed by atoms with Gasteiger partial charge in [-0.1, -0.05) is 0 Å². The van der Waals surface area contributed by atoms with Crippen molar-refractivity contribution in [2.24, 2.45) is 0 Å². The molecule has 1 amide bonds. The number of carbonyl (C=O) groups is 2. The minimum absolute atomic E-state index is 0.200. The Hall–Kier alpha value is -1.05. The standard InChI is InChI=1S/C4H2NO4P/c6-3-1-5(2-10-8)4(7)9-3/h1H2. The summed E-state index contributed by atoms with van der Waals surface area (Å²) in [6, 6.07) is 0. The van der Waals surface area contributed by atoms with Crippen LogP contribution in [-0.4, -0.2) is 23.5 Å². The van der Waals surface area contributed by atoms with Crippen molar-refractivity contribution in [3.05, 3.63) is 0 Å². The van der Waals surface area contributed by atoms with Crippen molar-refractivity contribution in [2.75, 3.05) is 6.54 Å². The van der Waals surface area contributed by atoms with Crippen LogP contribution >= 0.6 is 7.92 Å². The second-order valence-electron chi connectivity index (χ2n) is 1.52. The molecule has 0 bridgehead atoms. The van der Waals surface area contributed by atoms with Crippen LogP contribution < -0.4 is 0 Å². The summed E-state index contributed by atoms with van der Waals surface area (Å²) in [5.41, 5.74) is 0. The zero-order chi connectivity index (χ0) is 7.56. The molecule has 0 spiro atoms. The molecule has 0 N–H and O–H groups in total. The second kappa shape index (κ2) is 2.69. The van der Waals surface area contributed by atoms with Crippen molar-refractivity contribution in [3.63, 3.8) is 0 Å². The van der Waals surface area contributed by atoms with E-state index in [2.05, 4.69) is 10.5 Å². The third-order valence-corrected chi connectivity index (χ3v) is 1.19. The van der Waals surface area contributed by atoms with Crippen molar-refractivity contribution < 1.29 is 18.9 Å². The SMILES string of the molecule is O=P#CN1CC(=O)OC1=O. The molecule has 0 aliphatic carbocycles. The van der Waals surface area contributed by atoms with Gasteiger partial charge in [-0.05, 0) is 0 Å². The number of hydrogen-bond acceptors (Lipinski definition) is 4. The number of carbonyl (C=O) groups excluding carboxylic acids is 2. The summed E-state index contributed by atoms with van der Waals surface area (Å²) in [6.45, 7) is -0.200. The molecular weight excluding hydrogens is 157 g/mol. The first-order chi connectivity index (χ1) is 4.74. The molecule has 0 unspecified atom stereocenters. The van der Waals surface area contributed by atoms with Gasteiger partial charge < -0.3 is 0 Å². The average molecular weight is 159 g/mol. The molecule has 1 heterocycles. The van der Waals surface area contributed by atoms with Crippen LogP contribution in [0.1, 0.15) is 0 Å². The molecule has 52 valence electrons. The molecule has 1 rings (SSSR count). The van der Waals surface area contributed by atoms with Gasteiger partial charge in [0.25, 0.3) is 0 Å². The molecule has 5 nitrogen and oxygen atoms in total. The third-order valence-electron chi connectivity index (χ3n) is 0.870. The monoisotopic (exact) mass is 159 g/mol. The van der Waals surface area contributed by atoms with Crippen LogP contribution in [-0.2, 0) is 14.1 Å². The summed E-state index contributed by atoms with van der Waals surface area (Å²) in [4.78, 5) is 21.6. The number of nitrogens with zero attached hydrogens (tertiary/aromatic N) is 1. The van der Waals surface area contributed by atoms with Gasteiger partial charge in [0.1, 0.15) is 0 Å². The fourth-order valence-electron chi connectivity index (χ4n) is 0.504. The number of rotatable bonds is 0. The minimum atomic E-state index is -0.826. The van der Waals surface area contributed by atoms with E-state index in [0.29, 0.717) is 0 Å². The number of hydrogen-bond donors (Lipinski definition) is 0. The zero-order valence-corrected chi connectivity index (χ0v) is 5.63. The molecular formula is C4H2NO4P. The van der Waals surface area contributed by atoms with Gasteiger partial charge in [0.05, 0.1) is 0 Å². The van der Waals surface area contributed by atoms with E-state index < -0.39 is 20.0 Å². The zero-order valence-electron chi connectivity index (χ0n) is 4.73. The quantitative estimate of drug-likeness (QED) is 0.287. The fourth-order valence-corrected chi connectivity index (χ4v) is 0.755. The summed E-state index contributed by atoms with van der Waals surface area (Å²) < 4.78 is 13.9. The van der Waals surface area contributed by atoms with Crippen LogP contribution in [0, 0.1) is 5.75 Å². The van der Waals surface area contributed by atoms with Crippen LogP contribution in [0.15, 0.2) is 0 Å². The predicted octanol–water partition coefficient (Wildman–Crippen LogP) is 0.174. The van der Waals surface area contributed by atoms with Crippen molar-refractivity contribution >= 4 is 20.0 Å². The molecule has 0 radical (unpaired) electrons. The van der Waals surface area contributed by atoms with Gasteiger partial charge in [-0.3, -0.25) is 0 Å². The first kappa shape index (κ1) is 7.06. The number of amides is 1. The molecule has 10 heavy (non-hydrogen) atoms. The molecule has 1 saturated heterocycles. The summed E-state index contributed by atoms with van der Waals surface area (Å²) in [5, 5.41) is 0. The normalized spacial score (nSPS) is 16.6. The van der Waals surface area contributed by atoms with Gasteiger partial charge in [0.2, 0.25) is 0 Å². The summed E-state index contributed by atoms with van der Waals surface area (Å²) in [6.07, 6.45) is -0.826. The van der Waals surface area contributed by atoms with E-state index in [9.17, 15) is 14.2 Å². The first-order valence-electron chi connectivity index (χ1n) is 2.34. The number of cyclic esters (lactones) is 2. The van der Waals surface area contributed by atoms with Gasteiger partial charge in [0, 0.05) is 0 Å². The molecule has 6 heteroatoms. The average Bonchev–Trinajstić information content (AvgIpc) is 2.13. The maximum atomic E-state index is 10.5. The Morgan fingerprint density at radius 3 is 2.70 bits per heavy atom. The number of esters is 1. The van der Waals surface area contributed by atoms with Crippen molar-refractivity contribution in [3.8, 4) is 5.75 Å². The Morgan fingerprint density at radius 1 is 1.60 bits per heavy atom. The van der Waals surface area contributed by atoms with Crippen LogP contribution in [0.3, 0.4) is 0 Å². The van der Waals surface area contributed by atoms with Crippen LogP contribution in [0.5, 0.6) is 0 Å². The van der Waals surface area contributed by atoms with E-state index in [-0.39, 0.29) is 6.54 Å². The molecule has 1 aliphatic rings. The van der Waals surface area contributed by atoms with E-state index >= 15 is 0 Å². The van der Waals surface area contributed by atoms with E-state index in [1.807, 2.05) is 0 Å². The molecule has 1 aliphatic heterocycles. The predicted molar refractivity (Wildman–Crippen MR) is 29.7 cm³/mol. The summed E-state index contributed by atoms with van der Waals surface area (Å²) in [7, 11) is -0.441. The summed E-state index contributed by atoms with van der Waals surface area (Å²) in [5.74, 6) is 1.43. The summed E-state index contributed by atoms with van der Waals surface area (Å²) >= 11 is 0. The maximum absolute atomic E-state index is 10.5.